The van der Waals surface area contributed by atoms with E-state index < -0.39 is 0 Å². The molecule has 5 heteroatoms. The number of carbonyl (C=O) groups excluding carboxylic acids is 1. The number of carbonyl (C=O) groups is 1. The first kappa shape index (κ1) is 13.4. The van der Waals surface area contributed by atoms with Crippen LogP contribution in [-0.4, -0.2) is 43.2 Å². The fourth-order valence-electron chi connectivity index (χ4n) is 3.36. The highest BCUT2D eigenvalue weighted by Crippen LogP contribution is 2.32. The molecular formula is C15H21N3O2. The summed E-state index contributed by atoms with van der Waals surface area (Å²) in [6.07, 6.45) is 2.90. The van der Waals surface area contributed by atoms with E-state index in [1.165, 1.54) is 0 Å². The summed E-state index contributed by atoms with van der Waals surface area (Å²) in [6.45, 7) is 1.63. The molecule has 2 heterocycles. The van der Waals surface area contributed by atoms with Gasteiger partial charge in [0.1, 0.15) is 0 Å². The third-order valence-electron chi connectivity index (χ3n) is 4.35. The van der Waals surface area contributed by atoms with Crippen molar-refractivity contribution in [2.45, 2.75) is 31.3 Å². The molecule has 1 aromatic carbocycles. The van der Waals surface area contributed by atoms with Gasteiger partial charge in [0.15, 0.2) is 0 Å². The maximum absolute atomic E-state index is 12.4. The number of nitrogens with two attached hydrogens (primary N) is 1. The molecule has 2 aliphatic heterocycles. The van der Waals surface area contributed by atoms with E-state index in [2.05, 4.69) is 10.2 Å². The first-order valence-corrected chi connectivity index (χ1v) is 7.13. The van der Waals surface area contributed by atoms with E-state index >= 15 is 0 Å². The Balaban J connectivity index is 1.85. The van der Waals surface area contributed by atoms with Crippen LogP contribution < -0.4 is 11.1 Å². The van der Waals surface area contributed by atoms with Crippen molar-refractivity contribution in [3.8, 4) is 0 Å². The van der Waals surface area contributed by atoms with Crippen LogP contribution in [0, 0.1) is 0 Å². The number of nitrogen functional groups attached to an aromatic ring is 1. The SMILES string of the molecule is COC[C@@H]1CCCN1C1Cc2c(N)cccc2NC1=O. The number of rotatable bonds is 3. The highest BCUT2D eigenvalue weighted by Gasteiger charge is 2.37. The van der Waals surface area contributed by atoms with Crippen LogP contribution >= 0.6 is 0 Å². The van der Waals surface area contributed by atoms with Crippen molar-refractivity contribution in [2.75, 3.05) is 31.3 Å². The molecule has 0 radical (unpaired) electrons. The van der Waals surface area contributed by atoms with Crippen LogP contribution in [0.4, 0.5) is 11.4 Å². The summed E-state index contributed by atoms with van der Waals surface area (Å²) < 4.78 is 5.28. The smallest absolute Gasteiger partial charge is 0.242 e. The average molecular weight is 275 g/mol. The summed E-state index contributed by atoms with van der Waals surface area (Å²) >= 11 is 0. The summed E-state index contributed by atoms with van der Waals surface area (Å²) in [6, 6.07) is 5.88. The van der Waals surface area contributed by atoms with Crippen LogP contribution in [0.3, 0.4) is 0 Å². The maximum atomic E-state index is 12.4. The molecule has 1 aromatic rings. The second-order valence-corrected chi connectivity index (χ2v) is 5.57. The Morgan fingerprint density at radius 2 is 2.35 bits per heavy atom. The zero-order valence-electron chi connectivity index (χ0n) is 11.8. The quantitative estimate of drug-likeness (QED) is 0.815. The van der Waals surface area contributed by atoms with Crippen LogP contribution in [0.5, 0.6) is 0 Å². The fourth-order valence-corrected chi connectivity index (χ4v) is 3.36. The van der Waals surface area contributed by atoms with Gasteiger partial charge in [-0.2, -0.15) is 0 Å². The number of fused-ring (bicyclic) bond motifs is 1. The topological polar surface area (TPSA) is 67.6 Å². The van der Waals surface area contributed by atoms with Crippen molar-refractivity contribution < 1.29 is 9.53 Å². The van der Waals surface area contributed by atoms with Crippen molar-refractivity contribution in [2.24, 2.45) is 0 Å². The maximum Gasteiger partial charge on any atom is 0.242 e. The molecular weight excluding hydrogens is 254 g/mol. The van der Waals surface area contributed by atoms with Crippen molar-refractivity contribution in [1.82, 2.24) is 4.90 Å². The monoisotopic (exact) mass is 275 g/mol. The molecule has 20 heavy (non-hydrogen) atoms. The Morgan fingerprint density at radius 1 is 1.50 bits per heavy atom. The molecule has 2 atom stereocenters. The van der Waals surface area contributed by atoms with Crippen molar-refractivity contribution in [3.63, 3.8) is 0 Å². The lowest BCUT2D eigenvalue weighted by atomic mass is 9.96. The van der Waals surface area contributed by atoms with Gasteiger partial charge in [0, 0.05) is 36.5 Å². The van der Waals surface area contributed by atoms with Gasteiger partial charge in [-0.1, -0.05) is 6.07 Å². The molecule has 0 aromatic heterocycles. The van der Waals surface area contributed by atoms with Crippen LogP contribution in [0.2, 0.25) is 0 Å². The summed E-state index contributed by atoms with van der Waals surface area (Å²) in [5, 5.41) is 2.99. The minimum absolute atomic E-state index is 0.0751. The fraction of sp³-hybridized carbons (Fsp3) is 0.533. The molecule has 1 saturated heterocycles. The lowest BCUT2D eigenvalue weighted by Gasteiger charge is -2.35. The number of hydrogen-bond acceptors (Lipinski definition) is 4. The molecule has 1 unspecified atom stereocenters. The minimum Gasteiger partial charge on any atom is -0.398 e. The van der Waals surface area contributed by atoms with Gasteiger partial charge in [0.05, 0.1) is 12.6 Å². The number of nitrogens with one attached hydrogen (secondary N) is 1. The Kier molecular flexibility index (Phi) is 3.63. The minimum atomic E-state index is -0.130. The van der Waals surface area contributed by atoms with Gasteiger partial charge in [-0.15, -0.1) is 0 Å². The third kappa shape index (κ3) is 2.27. The number of amides is 1. The molecule has 3 rings (SSSR count). The Morgan fingerprint density at radius 3 is 3.15 bits per heavy atom. The Hall–Kier alpha value is -1.59. The van der Waals surface area contributed by atoms with Gasteiger partial charge < -0.3 is 15.8 Å². The molecule has 0 aliphatic carbocycles. The van der Waals surface area contributed by atoms with Crippen molar-refractivity contribution in [3.05, 3.63) is 23.8 Å². The van der Waals surface area contributed by atoms with Gasteiger partial charge in [-0.3, -0.25) is 9.69 Å². The summed E-state index contributed by atoms with van der Waals surface area (Å²) in [5.74, 6) is 0.0751. The van der Waals surface area contributed by atoms with E-state index in [1.54, 1.807) is 7.11 Å². The summed E-state index contributed by atoms with van der Waals surface area (Å²) in [4.78, 5) is 14.6. The largest absolute Gasteiger partial charge is 0.398 e. The molecule has 1 fully saturated rings. The second-order valence-electron chi connectivity index (χ2n) is 5.57. The lowest BCUT2D eigenvalue weighted by molar-refractivity contribution is -0.122. The highest BCUT2D eigenvalue weighted by molar-refractivity contribution is 5.99. The van der Waals surface area contributed by atoms with Crippen molar-refractivity contribution in [1.29, 1.82) is 0 Å². The Labute approximate surface area is 119 Å². The highest BCUT2D eigenvalue weighted by atomic mass is 16.5. The molecule has 0 spiro atoms. The van der Waals surface area contributed by atoms with E-state index in [0.29, 0.717) is 19.1 Å². The van der Waals surface area contributed by atoms with Gasteiger partial charge in [-0.25, -0.2) is 0 Å². The second kappa shape index (κ2) is 5.42. The number of likely N-dealkylation sites (tertiary alicyclic amines) is 1. The third-order valence-corrected chi connectivity index (χ3v) is 4.35. The molecule has 0 bridgehead atoms. The number of methoxy groups -OCH3 is 1. The van der Waals surface area contributed by atoms with E-state index in [4.69, 9.17) is 10.5 Å². The number of hydrogen-bond donors (Lipinski definition) is 2. The predicted molar refractivity (Wildman–Crippen MR) is 78.6 cm³/mol. The van der Waals surface area contributed by atoms with Gasteiger partial charge in [-0.05, 0) is 31.5 Å². The first-order chi connectivity index (χ1) is 9.70. The van der Waals surface area contributed by atoms with Gasteiger partial charge in [0.25, 0.3) is 0 Å². The molecule has 2 aliphatic rings. The van der Waals surface area contributed by atoms with Gasteiger partial charge in [0.2, 0.25) is 5.91 Å². The summed E-state index contributed by atoms with van der Waals surface area (Å²) in [7, 11) is 1.71. The van der Waals surface area contributed by atoms with Gasteiger partial charge >= 0.3 is 0 Å². The number of ether oxygens (including phenoxy) is 1. The zero-order chi connectivity index (χ0) is 14.1. The molecule has 108 valence electrons. The Bertz CT molecular complexity index is 518. The predicted octanol–water partition coefficient (Wildman–Crippen LogP) is 1.24. The molecule has 3 N–H and O–H groups in total. The standard InChI is InChI=1S/C15H21N3O2/c1-20-9-10-4-3-7-18(10)14-8-11-12(16)5-2-6-13(11)17-15(14)19/h2,5-6,10,14H,3-4,7-9,16H2,1H3,(H,17,19)/t10-,14?/m0/s1. The molecule has 5 nitrogen and oxygen atoms in total. The van der Waals surface area contributed by atoms with Crippen molar-refractivity contribution >= 4 is 17.3 Å². The normalized spacial score (nSPS) is 26.4. The summed E-state index contributed by atoms with van der Waals surface area (Å²) in [5.41, 5.74) is 8.72. The number of benzene rings is 1. The molecule has 0 saturated carbocycles. The van der Waals surface area contributed by atoms with E-state index in [-0.39, 0.29) is 11.9 Å². The lowest BCUT2D eigenvalue weighted by Crippen LogP contribution is -2.51. The van der Waals surface area contributed by atoms with E-state index in [0.717, 1.165) is 36.3 Å². The number of anilines is 2. The zero-order valence-corrected chi connectivity index (χ0v) is 11.8. The van der Waals surface area contributed by atoms with Crippen LogP contribution in [0.1, 0.15) is 18.4 Å². The van der Waals surface area contributed by atoms with E-state index in [1.807, 2.05) is 18.2 Å². The number of nitrogens with zero attached hydrogens (tertiary/aromatic N) is 1. The molecule has 1 amide bonds. The van der Waals surface area contributed by atoms with Crippen LogP contribution in [-0.2, 0) is 16.0 Å². The van der Waals surface area contributed by atoms with E-state index in [9.17, 15) is 4.79 Å². The van der Waals surface area contributed by atoms with Crippen LogP contribution in [0.15, 0.2) is 18.2 Å². The van der Waals surface area contributed by atoms with Crippen LogP contribution in [0.25, 0.3) is 0 Å². The average Bonchev–Trinajstić information content (AvgIpc) is 2.87. The first-order valence-electron chi connectivity index (χ1n) is 7.13.